The molecule has 5 nitrogen and oxygen atoms in total. The molecule has 11 rings (SSSR count). The molecule has 0 unspecified atom stereocenters. The minimum Gasteiger partial charge on any atom is -0.310 e. The Morgan fingerprint density at radius 2 is 0.797 bits per heavy atom. The van der Waals surface area contributed by atoms with Crippen molar-refractivity contribution >= 4 is 77.7 Å². The molecular weight excluding hydrogens is 719 g/mol. The Balaban J connectivity index is 1.12. The molecule has 3 heterocycles. The van der Waals surface area contributed by atoms with Gasteiger partial charge < -0.3 is 14.4 Å². The lowest BCUT2D eigenvalue weighted by atomic mass is 9.97. The van der Waals surface area contributed by atoms with E-state index in [1.165, 1.54) is 10.8 Å². The van der Waals surface area contributed by atoms with Crippen LogP contribution in [-0.2, 0) is 0 Å². The van der Waals surface area contributed by atoms with E-state index in [2.05, 4.69) is 220 Å². The molecular formula is C54H37N5. The summed E-state index contributed by atoms with van der Waals surface area (Å²) in [4.78, 5) is 14.1. The van der Waals surface area contributed by atoms with Crippen LogP contribution in [0, 0.1) is 0 Å². The molecule has 8 aromatic carbocycles. The summed E-state index contributed by atoms with van der Waals surface area (Å²) >= 11 is 0. The molecule has 278 valence electrons. The summed E-state index contributed by atoms with van der Waals surface area (Å²) in [6, 6.07) is 75.6. The van der Waals surface area contributed by atoms with Crippen LogP contribution in [-0.4, -0.2) is 14.5 Å². The van der Waals surface area contributed by atoms with E-state index in [-0.39, 0.29) is 0 Å². The molecule has 0 saturated carbocycles. The predicted octanol–water partition coefficient (Wildman–Crippen LogP) is 14.5. The van der Waals surface area contributed by atoms with Crippen molar-refractivity contribution in [1.29, 1.82) is 0 Å². The Labute approximate surface area is 342 Å². The molecule has 11 aromatic rings. The third kappa shape index (κ3) is 6.04. The highest BCUT2D eigenvalue weighted by Gasteiger charge is 2.20. The van der Waals surface area contributed by atoms with Crippen LogP contribution >= 0.6 is 0 Å². The van der Waals surface area contributed by atoms with Gasteiger partial charge in [-0.15, -0.1) is 0 Å². The topological polar surface area (TPSA) is 37.2 Å². The molecule has 0 atom stereocenters. The molecule has 0 fully saturated rings. The van der Waals surface area contributed by atoms with Gasteiger partial charge in [0.2, 0.25) is 0 Å². The number of pyridine rings is 2. The van der Waals surface area contributed by atoms with E-state index in [1.807, 2.05) is 24.5 Å². The molecule has 0 aliphatic rings. The van der Waals surface area contributed by atoms with Gasteiger partial charge >= 0.3 is 0 Å². The summed E-state index contributed by atoms with van der Waals surface area (Å²) < 4.78 is 2.40. The van der Waals surface area contributed by atoms with Crippen LogP contribution in [0.5, 0.6) is 0 Å². The number of para-hydroxylation sites is 4. The lowest BCUT2D eigenvalue weighted by molar-refractivity contribution is 1.18. The van der Waals surface area contributed by atoms with Crippen LogP contribution in [0.3, 0.4) is 0 Å². The van der Waals surface area contributed by atoms with Crippen molar-refractivity contribution in [2.45, 2.75) is 0 Å². The Morgan fingerprint density at radius 1 is 0.339 bits per heavy atom. The summed E-state index contributed by atoms with van der Waals surface area (Å²) in [5.74, 6) is 0. The Hall–Kier alpha value is -8.02. The van der Waals surface area contributed by atoms with E-state index in [4.69, 9.17) is 4.98 Å². The fourth-order valence-corrected chi connectivity index (χ4v) is 8.56. The molecule has 0 radical (unpaired) electrons. The molecule has 0 aliphatic heterocycles. The molecule has 3 aromatic heterocycles. The molecule has 0 saturated heterocycles. The van der Waals surface area contributed by atoms with Gasteiger partial charge in [0, 0.05) is 73.8 Å². The van der Waals surface area contributed by atoms with Crippen molar-refractivity contribution in [3.05, 3.63) is 225 Å². The van der Waals surface area contributed by atoms with Crippen molar-refractivity contribution in [3.63, 3.8) is 0 Å². The second-order valence-corrected chi connectivity index (χ2v) is 14.7. The molecule has 0 amide bonds. The number of fused-ring (bicyclic) bond motifs is 6. The van der Waals surface area contributed by atoms with Gasteiger partial charge in [-0.1, -0.05) is 97.1 Å². The number of rotatable bonds is 8. The van der Waals surface area contributed by atoms with E-state index in [0.29, 0.717) is 0 Å². The number of hydrogen-bond acceptors (Lipinski definition) is 4. The Kier molecular flexibility index (Phi) is 8.41. The average Bonchev–Trinajstić information content (AvgIpc) is 3.63. The maximum Gasteiger partial charge on any atom is 0.0970 e. The molecule has 0 N–H and O–H groups in total. The molecule has 0 bridgehead atoms. The van der Waals surface area contributed by atoms with Gasteiger partial charge in [-0.3, -0.25) is 9.97 Å². The summed E-state index contributed by atoms with van der Waals surface area (Å²) in [6.07, 6.45) is 3.69. The maximum absolute atomic E-state index is 4.76. The van der Waals surface area contributed by atoms with Crippen LogP contribution in [0.15, 0.2) is 225 Å². The number of benzene rings is 8. The highest BCUT2D eigenvalue weighted by molar-refractivity contribution is 6.13. The maximum atomic E-state index is 4.76. The third-order valence-corrected chi connectivity index (χ3v) is 11.2. The highest BCUT2D eigenvalue weighted by Crippen LogP contribution is 2.43. The fraction of sp³-hybridized carbons (Fsp3) is 0. The van der Waals surface area contributed by atoms with Gasteiger partial charge in [0.05, 0.1) is 22.1 Å². The number of anilines is 6. The first-order valence-corrected chi connectivity index (χ1v) is 19.9. The smallest absolute Gasteiger partial charge is 0.0970 e. The predicted molar refractivity (Wildman–Crippen MR) is 246 cm³/mol. The van der Waals surface area contributed by atoms with Gasteiger partial charge in [0.25, 0.3) is 0 Å². The SMILES string of the molecule is c1ccc(N(c2ccccc2)c2ccc3c(c2)c2cc(N(c4ccccc4)c4ccccc4)ccc2n3-c2ccc(-c3cc4cccnc4c4ncccc34)cc2)cc1. The number of aromatic nitrogens is 3. The number of hydrogen-bond donors (Lipinski definition) is 0. The van der Waals surface area contributed by atoms with Crippen LogP contribution in [0.2, 0.25) is 0 Å². The van der Waals surface area contributed by atoms with Crippen LogP contribution < -0.4 is 9.80 Å². The summed E-state index contributed by atoms with van der Waals surface area (Å²) in [7, 11) is 0. The Bertz CT molecular complexity index is 3040. The van der Waals surface area contributed by atoms with Gasteiger partial charge in [-0.25, -0.2) is 0 Å². The van der Waals surface area contributed by atoms with Crippen molar-refractivity contribution in [3.8, 4) is 16.8 Å². The van der Waals surface area contributed by atoms with Crippen molar-refractivity contribution < 1.29 is 0 Å². The minimum atomic E-state index is 0.916. The van der Waals surface area contributed by atoms with Crippen LogP contribution in [0.1, 0.15) is 0 Å². The first-order chi connectivity index (χ1) is 29.3. The normalized spacial score (nSPS) is 11.4. The van der Waals surface area contributed by atoms with Crippen molar-refractivity contribution in [1.82, 2.24) is 14.5 Å². The van der Waals surface area contributed by atoms with E-state index >= 15 is 0 Å². The standard InChI is InChI=1S/C54H37N5/c1-5-16-40(17-6-1)57(41-18-7-2-8-19-41)45-29-31-51-49(36-45)50-37-46(58(42-20-9-3-10-21-42)43-22-11-4-12-23-43)30-32-52(50)59(51)44-27-25-38(26-28-44)48-35-39-15-13-33-55-53(39)54-47(48)24-14-34-56-54/h1-37H. The third-order valence-electron chi connectivity index (χ3n) is 11.2. The molecule has 59 heavy (non-hydrogen) atoms. The van der Waals surface area contributed by atoms with Gasteiger partial charge in [-0.2, -0.15) is 0 Å². The lowest BCUT2D eigenvalue weighted by Crippen LogP contribution is -2.09. The zero-order chi connectivity index (χ0) is 39.1. The van der Waals surface area contributed by atoms with Crippen LogP contribution in [0.25, 0.3) is 60.4 Å². The molecule has 0 aliphatic carbocycles. The monoisotopic (exact) mass is 755 g/mol. The minimum absolute atomic E-state index is 0.916. The Morgan fingerprint density at radius 3 is 1.29 bits per heavy atom. The van der Waals surface area contributed by atoms with Crippen molar-refractivity contribution in [2.24, 2.45) is 0 Å². The molecule has 0 spiro atoms. The zero-order valence-corrected chi connectivity index (χ0v) is 32.1. The summed E-state index contributed by atoms with van der Waals surface area (Å²) in [5.41, 5.74) is 14.0. The fourth-order valence-electron chi connectivity index (χ4n) is 8.56. The first kappa shape index (κ1) is 34.2. The van der Waals surface area contributed by atoms with E-state index in [1.54, 1.807) is 0 Å². The second kappa shape index (κ2) is 14.5. The highest BCUT2D eigenvalue weighted by atomic mass is 15.1. The second-order valence-electron chi connectivity index (χ2n) is 14.7. The lowest BCUT2D eigenvalue weighted by Gasteiger charge is -2.26. The van der Waals surface area contributed by atoms with Gasteiger partial charge in [0.15, 0.2) is 0 Å². The van der Waals surface area contributed by atoms with E-state index in [9.17, 15) is 0 Å². The molecule has 5 heteroatoms. The van der Waals surface area contributed by atoms with E-state index < -0.39 is 0 Å². The average molecular weight is 756 g/mol. The van der Waals surface area contributed by atoms with Crippen molar-refractivity contribution in [2.75, 3.05) is 9.80 Å². The van der Waals surface area contributed by atoms with Gasteiger partial charge in [-0.05, 0) is 126 Å². The van der Waals surface area contributed by atoms with Crippen LogP contribution in [0.4, 0.5) is 34.1 Å². The zero-order valence-electron chi connectivity index (χ0n) is 32.1. The van der Waals surface area contributed by atoms with E-state index in [0.717, 1.165) is 83.8 Å². The van der Waals surface area contributed by atoms with Gasteiger partial charge in [0.1, 0.15) is 0 Å². The summed E-state index contributed by atoms with van der Waals surface area (Å²) in [5, 5.41) is 4.50. The first-order valence-electron chi connectivity index (χ1n) is 19.9. The number of nitrogens with zero attached hydrogens (tertiary/aromatic N) is 5. The quantitative estimate of drug-likeness (QED) is 0.145. The summed E-state index contributed by atoms with van der Waals surface area (Å²) in [6.45, 7) is 0. The largest absolute Gasteiger partial charge is 0.310 e.